The molecule has 1 heterocycles. The lowest BCUT2D eigenvalue weighted by molar-refractivity contribution is 0.184. The lowest BCUT2D eigenvalue weighted by Gasteiger charge is -2.32. The van der Waals surface area contributed by atoms with Gasteiger partial charge >= 0.3 is 12.2 Å². The molecule has 0 atom stereocenters. The zero-order chi connectivity index (χ0) is 17.5. The Bertz CT molecular complexity index is 601. The minimum Gasteiger partial charge on any atom is -0.464 e. The van der Waals surface area contributed by atoms with Crippen molar-refractivity contribution in [3.8, 4) is 0 Å². The number of pyridine rings is 1. The van der Waals surface area contributed by atoms with Gasteiger partial charge in [-0.15, -0.1) is 0 Å². The monoisotopic (exact) mass is 372 g/mol. The first-order valence-corrected chi connectivity index (χ1v) is 7.53. The van der Waals surface area contributed by atoms with Crippen molar-refractivity contribution in [3.63, 3.8) is 0 Å². The highest BCUT2D eigenvalue weighted by atomic mass is 79.9. The number of imide groups is 1. The molecule has 0 unspecified atom stereocenters. The van der Waals surface area contributed by atoms with Crippen LogP contribution in [0.3, 0.4) is 0 Å². The van der Waals surface area contributed by atoms with Gasteiger partial charge in [0.05, 0.1) is 11.4 Å². The highest BCUT2D eigenvalue weighted by Crippen LogP contribution is 2.42. The van der Waals surface area contributed by atoms with Gasteiger partial charge in [0.25, 0.3) is 0 Å². The van der Waals surface area contributed by atoms with Crippen molar-refractivity contribution in [2.24, 2.45) is 0 Å². The topological polar surface area (TPSA) is 90.7 Å². The summed E-state index contributed by atoms with van der Waals surface area (Å²) < 4.78 is 0.579. The number of hydrogen-bond donors (Lipinski definition) is 2. The van der Waals surface area contributed by atoms with Gasteiger partial charge in [-0.1, -0.05) is 41.5 Å². The van der Waals surface area contributed by atoms with Gasteiger partial charge in [0, 0.05) is 16.1 Å². The third kappa shape index (κ3) is 3.58. The van der Waals surface area contributed by atoms with Crippen LogP contribution in [0.15, 0.2) is 10.7 Å². The van der Waals surface area contributed by atoms with Gasteiger partial charge in [-0.25, -0.2) is 9.59 Å². The average molecular weight is 373 g/mol. The molecule has 7 heteroatoms. The summed E-state index contributed by atoms with van der Waals surface area (Å²) in [5.74, 6) is 0. The zero-order valence-electron chi connectivity index (χ0n) is 13.6. The fourth-order valence-corrected chi connectivity index (χ4v) is 3.12. The third-order valence-electron chi connectivity index (χ3n) is 3.07. The van der Waals surface area contributed by atoms with E-state index in [1.54, 1.807) is 6.20 Å². The number of halogens is 1. The summed E-state index contributed by atoms with van der Waals surface area (Å²) in [5.41, 5.74) is 0.136. The van der Waals surface area contributed by atoms with Crippen LogP contribution in [-0.4, -0.2) is 27.4 Å². The van der Waals surface area contributed by atoms with Crippen LogP contribution in [0.2, 0.25) is 0 Å². The van der Waals surface area contributed by atoms with Crippen LogP contribution in [0.1, 0.15) is 52.8 Å². The first-order chi connectivity index (χ1) is 9.78. The molecule has 2 amide bonds. The summed E-state index contributed by atoms with van der Waals surface area (Å²) in [4.78, 5) is 27.7. The lowest BCUT2D eigenvalue weighted by atomic mass is 9.81. The van der Waals surface area contributed by atoms with E-state index in [0.717, 1.165) is 0 Å². The van der Waals surface area contributed by atoms with E-state index in [2.05, 4.69) is 20.9 Å². The molecule has 0 aromatic carbocycles. The standard InChI is InChI=1S/C15H21BrN2O4/c1-14(2,3)9-8(16)7-17-11(15(4,5)6)10(9)18(12(19)20)13(21)22/h7H,1-6H3,(H,19,20)(H,21,22). The van der Waals surface area contributed by atoms with E-state index in [0.29, 0.717) is 20.6 Å². The van der Waals surface area contributed by atoms with E-state index in [1.807, 2.05) is 41.5 Å². The number of aromatic nitrogens is 1. The molecule has 0 saturated carbocycles. The maximum atomic E-state index is 11.5. The number of carboxylic acid groups (broad SMARTS) is 2. The van der Waals surface area contributed by atoms with Gasteiger partial charge in [-0.2, -0.15) is 4.90 Å². The molecule has 0 aliphatic heterocycles. The van der Waals surface area contributed by atoms with Crippen molar-refractivity contribution in [1.29, 1.82) is 0 Å². The first-order valence-electron chi connectivity index (χ1n) is 6.74. The molecule has 22 heavy (non-hydrogen) atoms. The summed E-state index contributed by atoms with van der Waals surface area (Å²) in [6.45, 7) is 11.3. The number of rotatable bonds is 1. The molecule has 0 bridgehead atoms. The second-order valence-electron chi connectivity index (χ2n) is 7.08. The van der Waals surface area contributed by atoms with Gasteiger partial charge in [0.1, 0.15) is 0 Å². The molecule has 6 nitrogen and oxygen atoms in total. The van der Waals surface area contributed by atoms with Crippen molar-refractivity contribution in [2.75, 3.05) is 4.90 Å². The van der Waals surface area contributed by atoms with E-state index in [9.17, 15) is 19.8 Å². The van der Waals surface area contributed by atoms with Crippen LogP contribution in [0, 0.1) is 0 Å². The second kappa shape index (κ2) is 5.87. The predicted molar refractivity (Wildman–Crippen MR) is 87.9 cm³/mol. The van der Waals surface area contributed by atoms with E-state index < -0.39 is 23.0 Å². The van der Waals surface area contributed by atoms with Crippen LogP contribution >= 0.6 is 15.9 Å². The summed E-state index contributed by atoms with van der Waals surface area (Å²) in [7, 11) is 0. The molecule has 1 aromatic heterocycles. The average Bonchev–Trinajstić information content (AvgIpc) is 2.23. The van der Waals surface area contributed by atoms with Crippen molar-refractivity contribution >= 4 is 33.8 Å². The number of hydrogen-bond acceptors (Lipinski definition) is 3. The van der Waals surface area contributed by atoms with Crippen molar-refractivity contribution in [2.45, 2.75) is 52.4 Å². The molecule has 0 saturated heterocycles. The Morgan fingerprint density at radius 1 is 1.05 bits per heavy atom. The summed E-state index contributed by atoms with van der Waals surface area (Å²) in [6.07, 6.45) is -1.51. The maximum absolute atomic E-state index is 11.5. The Kier molecular flexibility index (Phi) is 4.91. The minimum absolute atomic E-state index is 0.106. The molecule has 0 fully saturated rings. The van der Waals surface area contributed by atoms with Gasteiger partial charge < -0.3 is 10.2 Å². The van der Waals surface area contributed by atoms with Gasteiger partial charge in [-0.05, 0) is 26.9 Å². The molecule has 1 rings (SSSR count). The fraction of sp³-hybridized carbons (Fsp3) is 0.533. The molecule has 0 spiro atoms. The van der Waals surface area contributed by atoms with Crippen molar-refractivity contribution in [1.82, 2.24) is 4.98 Å². The minimum atomic E-state index is -1.55. The Morgan fingerprint density at radius 3 is 1.82 bits per heavy atom. The Labute approximate surface area is 138 Å². The predicted octanol–water partition coefficient (Wildman–Crippen LogP) is 4.60. The normalized spacial score (nSPS) is 12.1. The molecular weight excluding hydrogens is 352 g/mol. The van der Waals surface area contributed by atoms with E-state index >= 15 is 0 Å². The van der Waals surface area contributed by atoms with Crippen molar-refractivity contribution < 1.29 is 19.8 Å². The second-order valence-corrected chi connectivity index (χ2v) is 7.93. The van der Waals surface area contributed by atoms with Gasteiger partial charge in [0.2, 0.25) is 0 Å². The van der Waals surface area contributed by atoms with E-state index in [-0.39, 0.29) is 5.69 Å². The van der Waals surface area contributed by atoms with Crippen LogP contribution in [0.5, 0.6) is 0 Å². The number of nitrogens with zero attached hydrogens (tertiary/aromatic N) is 2. The van der Waals surface area contributed by atoms with Gasteiger partial charge in [0.15, 0.2) is 0 Å². The Balaban J connectivity index is 3.94. The zero-order valence-corrected chi connectivity index (χ0v) is 15.1. The fourth-order valence-electron chi connectivity index (χ4n) is 2.23. The summed E-state index contributed by atoms with van der Waals surface area (Å²) in [5, 5.41) is 18.7. The first kappa shape index (κ1) is 18.4. The molecule has 0 radical (unpaired) electrons. The SMILES string of the molecule is CC(C)(C)c1ncc(Br)c(C(C)(C)C)c1N(C(=O)O)C(=O)O. The molecular formula is C15H21BrN2O4. The highest BCUT2D eigenvalue weighted by Gasteiger charge is 2.36. The lowest BCUT2D eigenvalue weighted by Crippen LogP contribution is -2.39. The quantitative estimate of drug-likeness (QED) is 0.751. The number of anilines is 1. The molecule has 0 aliphatic rings. The van der Waals surface area contributed by atoms with Gasteiger partial charge in [-0.3, -0.25) is 4.98 Å². The van der Waals surface area contributed by atoms with Crippen molar-refractivity contribution in [3.05, 3.63) is 21.9 Å². The number of carbonyl (C=O) groups is 2. The smallest absolute Gasteiger partial charge is 0.421 e. The highest BCUT2D eigenvalue weighted by molar-refractivity contribution is 9.10. The van der Waals surface area contributed by atoms with Crippen LogP contribution in [-0.2, 0) is 10.8 Å². The molecule has 0 aliphatic carbocycles. The molecule has 1 aromatic rings. The Morgan fingerprint density at radius 2 is 1.50 bits per heavy atom. The van der Waals surface area contributed by atoms with Crippen LogP contribution in [0.4, 0.5) is 15.3 Å². The van der Waals surface area contributed by atoms with E-state index in [1.165, 1.54) is 0 Å². The van der Waals surface area contributed by atoms with Crippen LogP contribution < -0.4 is 4.90 Å². The Hall–Kier alpha value is -1.63. The molecule has 2 N–H and O–H groups in total. The van der Waals surface area contributed by atoms with Crippen LogP contribution in [0.25, 0.3) is 0 Å². The maximum Gasteiger partial charge on any atom is 0.421 e. The number of amides is 2. The third-order valence-corrected chi connectivity index (χ3v) is 3.67. The van der Waals surface area contributed by atoms with E-state index in [4.69, 9.17) is 0 Å². The molecule has 122 valence electrons. The largest absolute Gasteiger partial charge is 0.464 e. The summed E-state index contributed by atoms with van der Waals surface area (Å²) >= 11 is 3.38. The summed E-state index contributed by atoms with van der Waals surface area (Å²) in [6, 6.07) is 0.